The summed E-state index contributed by atoms with van der Waals surface area (Å²) in [6, 6.07) is 7.39. The molecule has 2 rings (SSSR count). The minimum atomic E-state index is -0.148. The number of ether oxygens (including phenoxy) is 1. The van der Waals surface area contributed by atoms with Crippen LogP contribution in [0.3, 0.4) is 0 Å². The van der Waals surface area contributed by atoms with E-state index >= 15 is 0 Å². The van der Waals surface area contributed by atoms with Gasteiger partial charge in [0, 0.05) is 16.4 Å². The zero-order valence-electron chi connectivity index (χ0n) is 11.4. The number of hydrogen-bond acceptors (Lipinski definition) is 3. The third-order valence-electron chi connectivity index (χ3n) is 3.83. The van der Waals surface area contributed by atoms with Gasteiger partial charge in [0.2, 0.25) is 0 Å². The summed E-state index contributed by atoms with van der Waals surface area (Å²) in [4.78, 5) is 11.8. The van der Waals surface area contributed by atoms with Gasteiger partial charge in [0.15, 0.2) is 6.61 Å². The van der Waals surface area contributed by atoms with Crippen LogP contribution < -0.4 is 10.1 Å². The van der Waals surface area contributed by atoms with Gasteiger partial charge in [0.1, 0.15) is 5.75 Å². The standard InChI is InChI=1S/C15H20BrNO3/c16-12-4-3-5-13(8-12)20-9-14(19)17-10-15(11-18)6-1-2-7-15/h3-5,8,18H,1-2,6-7,9-11H2,(H,17,19). The molecular weight excluding hydrogens is 322 g/mol. The van der Waals surface area contributed by atoms with Crippen molar-refractivity contribution in [3.8, 4) is 5.75 Å². The van der Waals surface area contributed by atoms with Gasteiger partial charge in [-0.1, -0.05) is 34.8 Å². The molecule has 1 aliphatic carbocycles. The lowest BCUT2D eigenvalue weighted by atomic mass is 9.87. The number of carbonyl (C=O) groups excluding carboxylic acids is 1. The molecule has 5 heteroatoms. The lowest BCUT2D eigenvalue weighted by Gasteiger charge is -2.26. The summed E-state index contributed by atoms with van der Waals surface area (Å²) >= 11 is 3.35. The van der Waals surface area contributed by atoms with Gasteiger partial charge in [-0.15, -0.1) is 0 Å². The SMILES string of the molecule is O=C(COc1cccc(Br)c1)NCC1(CO)CCCC1. The summed E-state index contributed by atoms with van der Waals surface area (Å²) < 4.78 is 6.34. The predicted molar refractivity (Wildman–Crippen MR) is 80.6 cm³/mol. The molecule has 110 valence electrons. The second kappa shape index (κ2) is 7.09. The number of nitrogens with one attached hydrogen (secondary N) is 1. The summed E-state index contributed by atoms with van der Waals surface area (Å²) in [5.74, 6) is 0.511. The van der Waals surface area contributed by atoms with E-state index in [0.29, 0.717) is 12.3 Å². The van der Waals surface area contributed by atoms with Crippen LogP contribution in [-0.4, -0.2) is 30.8 Å². The molecule has 1 aromatic rings. The second-order valence-electron chi connectivity index (χ2n) is 5.39. The predicted octanol–water partition coefficient (Wildman–Crippen LogP) is 2.50. The lowest BCUT2D eigenvalue weighted by molar-refractivity contribution is -0.123. The average Bonchev–Trinajstić information content (AvgIpc) is 2.92. The molecule has 1 aromatic carbocycles. The first-order chi connectivity index (χ1) is 9.63. The molecular formula is C15H20BrNO3. The van der Waals surface area contributed by atoms with Crippen LogP contribution in [0.15, 0.2) is 28.7 Å². The Hall–Kier alpha value is -1.07. The Kier molecular flexibility index (Phi) is 5.43. The second-order valence-corrected chi connectivity index (χ2v) is 6.30. The molecule has 4 nitrogen and oxygen atoms in total. The van der Waals surface area contributed by atoms with Crippen LogP contribution in [0.5, 0.6) is 5.75 Å². The van der Waals surface area contributed by atoms with E-state index in [1.165, 1.54) is 0 Å². The highest BCUT2D eigenvalue weighted by Crippen LogP contribution is 2.36. The quantitative estimate of drug-likeness (QED) is 0.835. The molecule has 20 heavy (non-hydrogen) atoms. The maximum atomic E-state index is 11.8. The first kappa shape index (κ1) is 15.3. The molecule has 0 bridgehead atoms. The van der Waals surface area contributed by atoms with Gasteiger partial charge in [-0.3, -0.25) is 4.79 Å². The van der Waals surface area contributed by atoms with Gasteiger partial charge >= 0.3 is 0 Å². The summed E-state index contributed by atoms with van der Waals surface area (Å²) in [5.41, 5.74) is -0.120. The van der Waals surface area contributed by atoms with Crippen molar-refractivity contribution in [1.82, 2.24) is 5.32 Å². The van der Waals surface area contributed by atoms with Crippen molar-refractivity contribution in [2.45, 2.75) is 25.7 Å². The fourth-order valence-electron chi connectivity index (χ4n) is 2.56. The molecule has 0 heterocycles. The van der Waals surface area contributed by atoms with Crippen LogP contribution in [0, 0.1) is 5.41 Å². The highest BCUT2D eigenvalue weighted by atomic mass is 79.9. The Morgan fingerprint density at radius 1 is 1.40 bits per heavy atom. The monoisotopic (exact) mass is 341 g/mol. The van der Waals surface area contributed by atoms with Crippen molar-refractivity contribution >= 4 is 21.8 Å². The average molecular weight is 342 g/mol. The lowest BCUT2D eigenvalue weighted by Crippen LogP contribution is -2.40. The molecule has 0 spiro atoms. The highest BCUT2D eigenvalue weighted by Gasteiger charge is 2.33. The first-order valence-electron chi connectivity index (χ1n) is 6.89. The van der Waals surface area contributed by atoms with Crippen LogP contribution in [0.4, 0.5) is 0 Å². The Balaban J connectivity index is 1.75. The summed E-state index contributed by atoms with van der Waals surface area (Å²) in [6.07, 6.45) is 4.22. The molecule has 1 aliphatic rings. The van der Waals surface area contributed by atoms with Gasteiger partial charge in [0.05, 0.1) is 6.61 Å². The zero-order chi connectivity index (χ0) is 14.4. The summed E-state index contributed by atoms with van der Waals surface area (Å²) in [5, 5.41) is 12.3. The van der Waals surface area contributed by atoms with Crippen molar-refractivity contribution in [3.05, 3.63) is 28.7 Å². The van der Waals surface area contributed by atoms with Crippen LogP contribution in [0.1, 0.15) is 25.7 Å². The number of benzene rings is 1. The summed E-state index contributed by atoms with van der Waals surface area (Å²) in [6.45, 7) is 0.669. The molecule has 0 unspecified atom stereocenters. The largest absolute Gasteiger partial charge is 0.484 e. The zero-order valence-corrected chi connectivity index (χ0v) is 13.0. The third kappa shape index (κ3) is 4.21. The molecule has 2 N–H and O–H groups in total. The van der Waals surface area contributed by atoms with Crippen LogP contribution >= 0.6 is 15.9 Å². The molecule has 0 aliphatic heterocycles. The fourth-order valence-corrected chi connectivity index (χ4v) is 2.94. The maximum Gasteiger partial charge on any atom is 0.257 e. The van der Waals surface area contributed by atoms with Crippen LogP contribution in [0.25, 0.3) is 0 Å². The van der Waals surface area contributed by atoms with Gasteiger partial charge in [-0.2, -0.15) is 0 Å². The van der Waals surface area contributed by atoms with Crippen molar-refractivity contribution in [1.29, 1.82) is 0 Å². The highest BCUT2D eigenvalue weighted by molar-refractivity contribution is 9.10. The van der Waals surface area contributed by atoms with Gasteiger partial charge < -0.3 is 15.2 Å². The van der Waals surface area contributed by atoms with E-state index < -0.39 is 0 Å². The topological polar surface area (TPSA) is 58.6 Å². The Morgan fingerprint density at radius 2 is 2.15 bits per heavy atom. The van der Waals surface area contributed by atoms with E-state index in [-0.39, 0.29) is 24.5 Å². The van der Waals surface area contributed by atoms with E-state index in [1.807, 2.05) is 24.3 Å². The van der Waals surface area contributed by atoms with E-state index in [4.69, 9.17) is 4.74 Å². The number of hydrogen-bond donors (Lipinski definition) is 2. The van der Waals surface area contributed by atoms with Crippen molar-refractivity contribution in [2.75, 3.05) is 19.8 Å². The van der Waals surface area contributed by atoms with Crippen LogP contribution in [0.2, 0.25) is 0 Å². The Labute approximate surface area is 127 Å². The minimum absolute atomic E-state index is 0.00202. The maximum absolute atomic E-state index is 11.8. The number of carbonyl (C=O) groups is 1. The molecule has 0 aromatic heterocycles. The Bertz CT molecular complexity index is 458. The number of amides is 1. The van der Waals surface area contributed by atoms with Crippen molar-refractivity contribution in [3.63, 3.8) is 0 Å². The fraction of sp³-hybridized carbons (Fsp3) is 0.533. The smallest absolute Gasteiger partial charge is 0.257 e. The van der Waals surface area contributed by atoms with Gasteiger partial charge in [-0.05, 0) is 31.0 Å². The molecule has 1 saturated carbocycles. The van der Waals surface area contributed by atoms with Gasteiger partial charge in [-0.25, -0.2) is 0 Å². The Morgan fingerprint density at radius 3 is 2.80 bits per heavy atom. The molecule has 0 atom stereocenters. The number of aliphatic hydroxyl groups is 1. The normalized spacial score (nSPS) is 16.9. The van der Waals surface area contributed by atoms with E-state index in [2.05, 4.69) is 21.2 Å². The van der Waals surface area contributed by atoms with E-state index in [1.54, 1.807) is 0 Å². The molecule has 0 saturated heterocycles. The van der Waals surface area contributed by atoms with E-state index in [0.717, 1.165) is 30.2 Å². The van der Waals surface area contributed by atoms with E-state index in [9.17, 15) is 9.90 Å². The number of rotatable bonds is 6. The molecule has 1 amide bonds. The summed E-state index contributed by atoms with van der Waals surface area (Å²) in [7, 11) is 0. The number of aliphatic hydroxyl groups excluding tert-OH is 1. The molecule has 0 radical (unpaired) electrons. The van der Waals surface area contributed by atoms with Gasteiger partial charge in [0.25, 0.3) is 5.91 Å². The number of halogens is 1. The minimum Gasteiger partial charge on any atom is -0.484 e. The third-order valence-corrected chi connectivity index (χ3v) is 4.32. The molecule has 1 fully saturated rings. The first-order valence-corrected chi connectivity index (χ1v) is 7.69. The van der Waals surface area contributed by atoms with Crippen molar-refractivity contribution < 1.29 is 14.6 Å². The van der Waals surface area contributed by atoms with Crippen molar-refractivity contribution in [2.24, 2.45) is 5.41 Å². The van der Waals surface area contributed by atoms with Crippen LogP contribution in [-0.2, 0) is 4.79 Å².